The molecule has 1 saturated heterocycles. The quantitative estimate of drug-likeness (QED) is 0.0269. The second-order valence-corrected chi connectivity index (χ2v) is 19.1. The maximum absolute atomic E-state index is 15.3. The molecule has 2 aliphatic carbocycles. The smallest absolute Gasteiger partial charge is 0.416 e. The third-order valence-corrected chi connectivity index (χ3v) is 13.4. The summed E-state index contributed by atoms with van der Waals surface area (Å²) in [6.07, 6.45) is 7.91. The number of carbonyl (C=O) groups is 1. The molecule has 2 fully saturated rings. The van der Waals surface area contributed by atoms with E-state index in [1.54, 1.807) is 11.0 Å². The van der Waals surface area contributed by atoms with Crippen molar-refractivity contribution < 1.29 is 43.7 Å². The van der Waals surface area contributed by atoms with Crippen molar-refractivity contribution in [2.24, 2.45) is 22.9 Å². The number of non-ortho nitro benzene ring substituents is 1. The topological polar surface area (TPSA) is 165 Å². The summed E-state index contributed by atoms with van der Waals surface area (Å²) in [5.74, 6) is -0.824. The van der Waals surface area contributed by atoms with Gasteiger partial charge in [0.1, 0.15) is 35.5 Å². The number of hydrogen-bond acceptors (Lipinski definition) is 12. The molecule has 1 saturated carbocycles. The highest BCUT2D eigenvalue weighted by Gasteiger charge is 2.66. The molecule has 14 nitrogen and oxygen atoms in total. The SMILES string of the molecule is C=CCOC12Oc3ccc(OCCN4CC4)cc3C3C(CCCCO)C(CCCCO)C=C(C(=NOC(C)(C)C)CC1N(Cc1cccc4ccccc14)C(=O)Oc1ccc([N+](=O)[O-])cc1)C32. The number of fused-ring (bicyclic) bond motifs is 3. The number of nitro groups is 1. The Morgan fingerprint density at radius 1 is 0.985 bits per heavy atom. The highest BCUT2D eigenvalue weighted by molar-refractivity contribution is 6.03. The van der Waals surface area contributed by atoms with E-state index in [9.17, 15) is 20.3 Å². The Bertz CT molecular complexity index is 2440. The Labute approximate surface area is 392 Å². The molecule has 67 heavy (non-hydrogen) atoms. The summed E-state index contributed by atoms with van der Waals surface area (Å²) in [5, 5.41) is 38.6. The number of nitrogens with zero attached hydrogens (tertiary/aromatic N) is 4. The van der Waals surface area contributed by atoms with E-state index in [2.05, 4.69) is 23.6 Å². The van der Waals surface area contributed by atoms with Crippen molar-refractivity contribution in [2.75, 3.05) is 46.1 Å². The monoisotopic (exact) mass is 916 g/mol. The maximum atomic E-state index is 15.3. The fourth-order valence-electron chi connectivity index (χ4n) is 10.2. The van der Waals surface area contributed by atoms with Gasteiger partial charge in [0.05, 0.1) is 29.7 Å². The van der Waals surface area contributed by atoms with Gasteiger partial charge in [-0.3, -0.25) is 19.9 Å². The third-order valence-electron chi connectivity index (χ3n) is 13.4. The van der Waals surface area contributed by atoms with Crippen molar-refractivity contribution in [3.05, 3.63) is 130 Å². The molecule has 2 heterocycles. The lowest BCUT2D eigenvalue weighted by Gasteiger charge is -2.60. The number of carbonyl (C=O) groups excluding carboxylic acids is 1. The van der Waals surface area contributed by atoms with Crippen molar-refractivity contribution >= 4 is 28.3 Å². The van der Waals surface area contributed by atoms with Gasteiger partial charge in [-0.1, -0.05) is 72.6 Å². The lowest BCUT2D eigenvalue weighted by Crippen LogP contribution is -2.70. The summed E-state index contributed by atoms with van der Waals surface area (Å²) in [6, 6.07) is 24.5. The number of allylic oxidation sites excluding steroid dienone is 1. The Balaban J connectivity index is 1.34. The van der Waals surface area contributed by atoms with E-state index >= 15 is 4.79 Å². The van der Waals surface area contributed by atoms with E-state index in [4.69, 9.17) is 28.9 Å². The molecule has 6 atom stereocenters. The number of hydrogen-bond donors (Lipinski definition) is 2. The highest BCUT2D eigenvalue weighted by Crippen LogP contribution is 2.62. The number of unbranched alkanes of at least 4 members (excludes halogenated alkanes) is 2. The van der Waals surface area contributed by atoms with Crippen LogP contribution < -0.4 is 14.2 Å². The molecular formula is C53H64N4O10. The van der Waals surface area contributed by atoms with E-state index in [0.717, 1.165) is 78.5 Å². The van der Waals surface area contributed by atoms with E-state index in [1.807, 2.05) is 75.4 Å². The first-order chi connectivity index (χ1) is 32.4. The van der Waals surface area contributed by atoms with E-state index in [0.29, 0.717) is 30.9 Å². The van der Waals surface area contributed by atoms with Gasteiger partial charge in [0.2, 0.25) is 5.79 Å². The average Bonchev–Trinajstić information content (AvgIpc) is 4.15. The van der Waals surface area contributed by atoms with Crippen LogP contribution in [0.15, 0.2) is 114 Å². The number of benzene rings is 4. The predicted molar refractivity (Wildman–Crippen MR) is 256 cm³/mol. The zero-order valence-electron chi connectivity index (χ0n) is 38.9. The normalized spacial score (nSPS) is 23.6. The molecular weight excluding hydrogens is 853 g/mol. The molecule has 1 amide bonds. The van der Waals surface area contributed by atoms with Crippen LogP contribution in [0.3, 0.4) is 0 Å². The van der Waals surface area contributed by atoms with Crippen molar-refractivity contribution in [2.45, 2.75) is 95.6 Å². The highest BCUT2D eigenvalue weighted by atomic mass is 16.7. The van der Waals surface area contributed by atoms with Gasteiger partial charge < -0.3 is 34.0 Å². The number of oxime groups is 1. The molecule has 0 spiro atoms. The Hall–Kier alpha value is -5.80. The molecule has 4 aromatic rings. The summed E-state index contributed by atoms with van der Waals surface area (Å²) in [6.45, 7) is 13.7. The predicted octanol–water partition coefficient (Wildman–Crippen LogP) is 9.58. The Morgan fingerprint density at radius 2 is 1.72 bits per heavy atom. The standard InChI is InChI=1S/C53H64N4O10/c1-5-30-64-53-48(56(35-38-16-12-15-36-13-6-7-17-42(36)38)51(60)65-40-21-19-39(20-22-40)57(61)62)34-46(54-67-52(2,3)4)44-32-37(14-8-10-28-58)43(18-9-11-29-59)49(50(44)53)45-33-41(23-24-47(45)66-53)63-31-27-55-25-26-55/h5-7,12-13,15-17,19-24,32-33,37,43,48-50,58-59H,1,8-11,14,18,25-31,34-35H2,2-4H3. The molecule has 4 aromatic carbocycles. The molecule has 356 valence electrons. The van der Waals surface area contributed by atoms with Gasteiger partial charge in [-0.25, -0.2) is 4.79 Å². The first-order valence-corrected chi connectivity index (χ1v) is 23.7. The number of ether oxygens (including phenoxy) is 4. The molecule has 0 bridgehead atoms. The van der Waals surface area contributed by atoms with Gasteiger partial charge in [0.25, 0.3) is 5.69 Å². The van der Waals surface area contributed by atoms with Gasteiger partial charge >= 0.3 is 6.09 Å². The Kier molecular flexibility index (Phi) is 15.0. The summed E-state index contributed by atoms with van der Waals surface area (Å²) in [5.41, 5.74) is 2.59. The van der Waals surface area contributed by atoms with Gasteiger partial charge in [-0.05, 0) is 111 Å². The summed E-state index contributed by atoms with van der Waals surface area (Å²) >= 11 is 0. The van der Waals surface area contributed by atoms with Crippen molar-refractivity contribution in [3.63, 3.8) is 0 Å². The summed E-state index contributed by atoms with van der Waals surface area (Å²) in [4.78, 5) is 36.7. The second kappa shape index (κ2) is 21.0. The summed E-state index contributed by atoms with van der Waals surface area (Å²) < 4.78 is 27.3. The van der Waals surface area contributed by atoms with Gasteiger partial charge in [0, 0.05) is 62.9 Å². The van der Waals surface area contributed by atoms with Crippen LogP contribution in [0.2, 0.25) is 0 Å². The second-order valence-electron chi connectivity index (χ2n) is 19.1. The van der Waals surface area contributed by atoms with E-state index < -0.39 is 34.4 Å². The largest absolute Gasteiger partial charge is 0.492 e. The van der Waals surface area contributed by atoms with Crippen LogP contribution in [0, 0.1) is 27.9 Å². The minimum atomic E-state index is -1.55. The van der Waals surface area contributed by atoms with Gasteiger partial charge in [-0.2, -0.15) is 0 Å². The third kappa shape index (κ3) is 10.8. The average molecular weight is 917 g/mol. The van der Waals surface area contributed by atoms with Crippen LogP contribution in [-0.4, -0.2) is 100 Å². The van der Waals surface area contributed by atoms with Gasteiger partial charge in [0.15, 0.2) is 0 Å². The van der Waals surface area contributed by atoms with Crippen molar-refractivity contribution in [3.8, 4) is 17.2 Å². The molecule has 2 N–H and O–H groups in total. The molecule has 6 unspecified atom stereocenters. The van der Waals surface area contributed by atoms with E-state index in [-0.39, 0.29) is 62.0 Å². The summed E-state index contributed by atoms with van der Waals surface area (Å²) in [7, 11) is 0. The van der Waals surface area contributed by atoms with Crippen LogP contribution in [0.5, 0.6) is 17.2 Å². The van der Waals surface area contributed by atoms with E-state index in [1.165, 1.54) is 24.3 Å². The molecule has 0 aromatic heterocycles. The number of aliphatic hydroxyl groups is 2. The van der Waals surface area contributed by atoms with Crippen molar-refractivity contribution in [1.82, 2.24) is 9.80 Å². The fourth-order valence-corrected chi connectivity index (χ4v) is 10.2. The minimum absolute atomic E-state index is 0.0169. The molecule has 2 aliphatic heterocycles. The fraction of sp³-hybridized carbons (Fsp3) is 0.472. The zero-order chi connectivity index (χ0) is 47.1. The lowest BCUT2D eigenvalue weighted by molar-refractivity contribution is -0.384. The Morgan fingerprint density at radius 3 is 2.43 bits per heavy atom. The molecule has 14 heteroatoms. The maximum Gasteiger partial charge on any atom is 0.416 e. The van der Waals surface area contributed by atoms with Crippen LogP contribution in [0.4, 0.5) is 10.5 Å². The zero-order valence-corrected chi connectivity index (χ0v) is 38.9. The van der Waals surface area contributed by atoms with Crippen LogP contribution >= 0.6 is 0 Å². The number of aliphatic hydroxyl groups excluding tert-OH is 2. The molecule has 4 aliphatic rings. The van der Waals surface area contributed by atoms with Crippen LogP contribution in [0.25, 0.3) is 10.8 Å². The number of nitro benzene ring substituents is 1. The lowest BCUT2D eigenvalue weighted by atomic mass is 9.55. The number of rotatable bonds is 21. The molecule has 8 rings (SSSR count). The van der Waals surface area contributed by atoms with Gasteiger partial charge in [-0.15, -0.1) is 6.58 Å². The first kappa shape index (κ1) is 47.7. The first-order valence-electron chi connectivity index (χ1n) is 23.7. The van der Waals surface area contributed by atoms with Crippen LogP contribution in [-0.2, 0) is 16.1 Å². The minimum Gasteiger partial charge on any atom is -0.492 e. The number of amides is 1. The van der Waals surface area contributed by atoms with Crippen molar-refractivity contribution in [1.29, 1.82) is 0 Å². The van der Waals surface area contributed by atoms with Crippen LogP contribution in [0.1, 0.15) is 82.8 Å². The molecule has 0 radical (unpaired) electrons.